The molecule has 4 nitrogen and oxygen atoms in total. The second-order valence-electron chi connectivity index (χ2n) is 4.29. The molecule has 0 unspecified atom stereocenters. The van der Waals surface area contributed by atoms with Gasteiger partial charge in [-0.2, -0.15) is 0 Å². The van der Waals surface area contributed by atoms with Crippen molar-refractivity contribution in [3.8, 4) is 5.69 Å². The molecule has 108 valence electrons. The van der Waals surface area contributed by atoms with Crippen molar-refractivity contribution < 1.29 is 4.42 Å². The lowest BCUT2D eigenvalue weighted by Crippen LogP contribution is -2.03. The number of aromatic nitrogens is 2. The average Bonchev–Trinajstić information content (AvgIpc) is 3.07. The van der Waals surface area contributed by atoms with Crippen molar-refractivity contribution in [3.05, 3.63) is 62.9 Å². The van der Waals surface area contributed by atoms with Crippen LogP contribution in [-0.2, 0) is 6.54 Å². The highest BCUT2D eigenvalue weighted by atomic mass is 79.9. The smallest absolute Gasteiger partial charge is 0.183 e. The van der Waals surface area contributed by atoms with Crippen molar-refractivity contribution >= 4 is 49.1 Å². The average molecular weight is 432 g/mol. The zero-order valence-electron chi connectivity index (χ0n) is 10.7. The molecule has 0 aliphatic carbocycles. The van der Waals surface area contributed by atoms with Crippen molar-refractivity contribution in [2.45, 2.75) is 6.54 Å². The summed E-state index contributed by atoms with van der Waals surface area (Å²) < 4.78 is 9.00. The Bertz CT molecular complexity index is 736. The lowest BCUT2D eigenvalue weighted by atomic mass is 10.2. The number of hydrogen-bond acceptors (Lipinski definition) is 3. The summed E-state index contributed by atoms with van der Waals surface area (Å²) in [5.74, 6) is 0.810. The Morgan fingerprint density at radius 1 is 1.33 bits per heavy atom. The third-order valence-corrected chi connectivity index (χ3v) is 4.91. The number of para-hydroxylation sites is 1. The number of benzene rings is 1. The van der Waals surface area contributed by atoms with Gasteiger partial charge in [0.2, 0.25) is 0 Å². The third kappa shape index (κ3) is 3.17. The van der Waals surface area contributed by atoms with Crippen LogP contribution in [0.4, 0.5) is 5.69 Å². The molecular weight excluding hydrogens is 421 g/mol. The summed E-state index contributed by atoms with van der Waals surface area (Å²) in [4.78, 5) is 4.06. The maximum absolute atomic E-state index is 6.30. The minimum atomic E-state index is 0.548. The number of furan rings is 1. The van der Waals surface area contributed by atoms with Gasteiger partial charge < -0.3 is 14.3 Å². The number of imidazole rings is 1. The van der Waals surface area contributed by atoms with Gasteiger partial charge in [-0.1, -0.05) is 17.7 Å². The van der Waals surface area contributed by atoms with Crippen molar-refractivity contribution in [3.63, 3.8) is 0 Å². The second-order valence-corrected chi connectivity index (χ2v) is 6.28. The SMILES string of the molecule is Clc1cccc(NCc2cc(Br)c(Br)o2)c1-n1ccnc1. The molecule has 1 N–H and O–H groups in total. The van der Waals surface area contributed by atoms with Gasteiger partial charge in [0, 0.05) is 12.4 Å². The van der Waals surface area contributed by atoms with Gasteiger partial charge in [0.15, 0.2) is 4.67 Å². The predicted octanol–water partition coefficient (Wildman–Crippen LogP) is 5.26. The van der Waals surface area contributed by atoms with Gasteiger partial charge >= 0.3 is 0 Å². The highest BCUT2D eigenvalue weighted by Gasteiger charge is 2.10. The summed E-state index contributed by atoms with van der Waals surface area (Å²) in [6.07, 6.45) is 5.28. The van der Waals surface area contributed by atoms with E-state index in [1.807, 2.05) is 35.0 Å². The van der Waals surface area contributed by atoms with Crippen LogP contribution >= 0.6 is 43.5 Å². The molecule has 7 heteroatoms. The zero-order chi connectivity index (χ0) is 14.8. The summed E-state index contributed by atoms with van der Waals surface area (Å²) in [5, 5.41) is 3.98. The molecule has 3 aromatic rings. The summed E-state index contributed by atoms with van der Waals surface area (Å²) in [6.45, 7) is 0.548. The van der Waals surface area contributed by atoms with Crippen molar-refractivity contribution in [1.82, 2.24) is 9.55 Å². The van der Waals surface area contributed by atoms with Crippen LogP contribution in [0.1, 0.15) is 5.76 Å². The topological polar surface area (TPSA) is 43.0 Å². The van der Waals surface area contributed by atoms with Crippen molar-refractivity contribution in [1.29, 1.82) is 0 Å². The van der Waals surface area contributed by atoms with Gasteiger partial charge in [0.05, 0.1) is 33.7 Å². The monoisotopic (exact) mass is 429 g/mol. The molecule has 0 radical (unpaired) electrons. The van der Waals surface area contributed by atoms with Gasteiger partial charge in [-0.25, -0.2) is 4.98 Å². The molecule has 0 spiro atoms. The number of halogens is 3. The Morgan fingerprint density at radius 3 is 2.86 bits per heavy atom. The second kappa shape index (κ2) is 6.25. The van der Waals surface area contributed by atoms with E-state index in [0.717, 1.165) is 21.6 Å². The Morgan fingerprint density at radius 2 is 2.19 bits per heavy atom. The molecule has 3 rings (SSSR count). The Hall–Kier alpha value is -1.24. The number of anilines is 1. The Kier molecular flexibility index (Phi) is 4.37. The minimum Gasteiger partial charge on any atom is -0.451 e. The van der Waals surface area contributed by atoms with Gasteiger partial charge in [-0.15, -0.1) is 0 Å². The summed E-state index contributed by atoms with van der Waals surface area (Å²) in [6, 6.07) is 7.63. The molecule has 0 atom stereocenters. The number of rotatable bonds is 4. The van der Waals surface area contributed by atoms with Crippen LogP contribution in [0.5, 0.6) is 0 Å². The zero-order valence-corrected chi connectivity index (χ0v) is 14.6. The van der Waals surface area contributed by atoms with Crippen molar-refractivity contribution in [2.24, 2.45) is 0 Å². The third-order valence-electron chi connectivity index (χ3n) is 2.90. The predicted molar refractivity (Wildman–Crippen MR) is 90.0 cm³/mol. The van der Waals surface area contributed by atoms with E-state index in [-0.39, 0.29) is 0 Å². The van der Waals surface area contributed by atoms with Gasteiger partial charge in [-0.05, 0) is 50.1 Å². The van der Waals surface area contributed by atoms with Gasteiger partial charge in [-0.3, -0.25) is 0 Å². The first-order valence-electron chi connectivity index (χ1n) is 6.09. The first-order chi connectivity index (χ1) is 10.1. The van der Waals surface area contributed by atoms with Crippen LogP contribution in [0.2, 0.25) is 5.02 Å². The molecule has 2 aromatic heterocycles. The van der Waals surface area contributed by atoms with E-state index in [1.165, 1.54) is 0 Å². The van der Waals surface area contributed by atoms with E-state index in [0.29, 0.717) is 16.2 Å². The summed E-state index contributed by atoms with van der Waals surface area (Å²) in [7, 11) is 0. The molecule has 21 heavy (non-hydrogen) atoms. The van der Waals surface area contributed by atoms with Crippen LogP contribution in [0.3, 0.4) is 0 Å². The minimum absolute atomic E-state index is 0.548. The summed E-state index contributed by atoms with van der Waals surface area (Å²) in [5.41, 5.74) is 1.77. The molecule has 1 aromatic carbocycles. The van der Waals surface area contributed by atoms with E-state index < -0.39 is 0 Å². The number of nitrogens with one attached hydrogen (secondary N) is 1. The quantitative estimate of drug-likeness (QED) is 0.613. The lowest BCUT2D eigenvalue weighted by molar-refractivity contribution is 0.494. The van der Waals surface area contributed by atoms with Crippen molar-refractivity contribution in [2.75, 3.05) is 5.32 Å². The van der Waals surface area contributed by atoms with E-state index in [2.05, 4.69) is 42.2 Å². The largest absolute Gasteiger partial charge is 0.451 e. The van der Waals surface area contributed by atoms with Crippen LogP contribution < -0.4 is 5.32 Å². The van der Waals surface area contributed by atoms with E-state index >= 15 is 0 Å². The molecule has 0 bridgehead atoms. The first-order valence-corrected chi connectivity index (χ1v) is 8.06. The highest BCUT2D eigenvalue weighted by Crippen LogP contribution is 2.30. The maximum atomic E-state index is 6.30. The van der Waals surface area contributed by atoms with E-state index in [4.69, 9.17) is 16.0 Å². The van der Waals surface area contributed by atoms with Crippen LogP contribution in [-0.4, -0.2) is 9.55 Å². The number of nitrogens with zero attached hydrogens (tertiary/aromatic N) is 2. The fourth-order valence-electron chi connectivity index (χ4n) is 1.97. The summed E-state index contributed by atoms with van der Waals surface area (Å²) >= 11 is 13.0. The molecule has 2 heterocycles. The molecule has 0 saturated carbocycles. The molecule has 0 saturated heterocycles. The highest BCUT2D eigenvalue weighted by molar-refractivity contribution is 9.13. The normalized spacial score (nSPS) is 10.8. The standard InChI is InChI=1S/C14H10Br2ClN3O/c15-10-6-9(21-14(10)16)7-19-12-3-1-2-11(17)13(12)20-5-4-18-8-20/h1-6,8,19H,7H2. The first kappa shape index (κ1) is 14.7. The van der Waals surface area contributed by atoms with Gasteiger partial charge in [0.1, 0.15) is 5.76 Å². The molecule has 0 aliphatic heterocycles. The Labute approximate surface area is 143 Å². The lowest BCUT2D eigenvalue weighted by Gasteiger charge is -2.13. The van der Waals surface area contributed by atoms with E-state index in [1.54, 1.807) is 12.5 Å². The Balaban J connectivity index is 1.87. The molecule has 0 aliphatic rings. The van der Waals surface area contributed by atoms with Crippen LogP contribution in [0.25, 0.3) is 5.69 Å². The number of hydrogen-bond donors (Lipinski definition) is 1. The molecular formula is C14H10Br2ClN3O. The van der Waals surface area contributed by atoms with E-state index in [9.17, 15) is 0 Å². The molecule has 0 fully saturated rings. The van der Waals surface area contributed by atoms with Crippen LogP contribution in [0, 0.1) is 0 Å². The molecule has 0 amide bonds. The fourth-order valence-corrected chi connectivity index (χ4v) is 2.90. The van der Waals surface area contributed by atoms with Crippen LogP contribution in [0.15, 0.2) is 56.5 Å². The maximum Gasteiger partial charge on any atom is 0.183 e. The van der Waals surface area contributed by atoms with Gasteiger partial charge in [0.25, 0.3) is 0 Å². The fraction of sp³-hybridized carbons (Fsp3) is 0.0714.